The van der Waals surface area contributed by atoms with E-state index in [1.807, 2.05) is 0 Å². The van der Waals surface area contributed by atoms with Crippen LogP contribution in [0.25, 0.3) is 0 Å². The second kappa shape index (κ2) is 7.41. The van der Waals surface area contributed by atoms with Gasteiger partial charge in [-0.05, 0) is 25.7 Å². The van der Waals surface area contributed by atoms with Gasteiger partial charge in [-0.25, -0.2) is 0 Å². The number of quaternary nitrogens is 1. The van der Waals surface area contributed by atoms with Crippen molar-refractivity contribution in [1.82, 2.24) is 0 Å². The maximum atomic E-state index is 2.48. The molecule has 0 aromatic carbocycles. The SMILES string of the molecule is CCCC[N+]1(CCCC)CC(C)CC(CC)C1. The largest absolute Gasteiger partial charge is 0.323 e. The predicted octanol–water partition coefficient (Wildman–Crippen LogP) is 4.47. The van der Waals surface area contributed by atoms with Crippen molar-refractivity contribution in [1.29, 1.82) is 0 Å². The Morgan fingerprint density at radius 1 is 0.941 bits per heavy atom. The molecule has 1 heteroatoms. The van der Waals surface area contributed by atoms with Crippen LogP contribution in [-0.4, -0.2) is 30.7 Å². The lowest BCUT2D eigenvalue weighted by Gasteiger charge is -2.47. The highest BCUT2D eigenvalue weighted by Crippen LogP contribution is 2.30. The average Bonchev–Trinajstić information content (AvgIpc) is 2.33. The van der Waals surface area contributed by atoms with E-state index in [1.165, 1.54) is 69.2 Å². The fraction of sp³-hybridized carbons (Fsp3) is 1.00. The van der Waals surface area contributed by atoms with Gasteiger partial charge in [0.25, 0.3) is 0 Å². The van der Waals surface area contributed by atoms with Crippen molar-refractivity contribution in [2.45, 2.75) is 66.2 Å². The summed E-state index contributed by atoms with van der Waals surface area (Å²) < 4.78 is 1.45. The first-order chi connectivity index (χ1) is 8.15. The number of likely N-dealkylation sites (tertiary alicyclic amines) is 1. The first-order valence-electron chi connectivity index (χ1n) is 8.00. The molecule has 2 atom stereocenters. The van der Waals surface area contributed by atoms with E-state index >= 15 is 0 Å². The maximum Gasteiger partial charge on any atom is 0.0815 e. The fourth-order valence-corrected chi connectivity index (χ4v) is 3.76. The molecule has 1 aliphatic rings. The zero-order valence-corrected chi connectivity index (χ0v) is 12.7. The third-order valence-electron chi connectivity index (χ3n) is 4.63. The van der Waals surface area contributed by atoms with E-state index < -0.39 is 0 Å². The van der Waals surface area contributed by atoms with Crippen LogP contribution in [0.4, 0.5) is 0 Å². The number of hydrogen-bond acceptors (Lipinski definition) is 0. The Hall–Kier alpha value is -0.0400. The van der Waals surface area contributed by atoms with Crippen LogP contribution in [-0.2, 0) is 0 Å². The van der Waals surface area contributed by atoms with Gasteiger partial charge in [0, 0.05) is 11.8 Å². The van der Waals surface area contributed by atoms with E-state index in [0.29, 0.717) is 0 Å². The minimum atomic E-state index is 0.947. The van der Waals surface area contributed by atoms with Crippen LogP contribution in [0.5, 0.6) is 0 Å². The summed E-state index contributed by atoms with van der Waals surface area (Å²) in [5.41, 5.74) is 0. The van der Waals surface area contributed by atoms with E-state index in [2.05, 4.69) is 27.7 Å². The summed E-state index contributed by atoms with van der Waals surface area (Å²) in [5.74, 6) is 1.94. The minimum Gasteiger partial charge on any atom is -0.323 e. The molecule has 1 heterocycles. The third kappa shape index (κ3) is 4.62. The van der Waals surface area contributed by atoms with Crippen LogP contribution >= 0.6 is 0 Å². The molecule has 1 saturated heterocycles. The van der Waals surface area contributed by atoms with Crippen LogP contribution in [0.3, 0.4) is 0 Å². The third-order valence-corrected chi connectivity index (χ3v) is 4.63. The normalized spacial score (nSPS) is 28.2. The van der Waals surface area contributed by atoms with Gasteiger partial charge in [-0.2, -0.15) is 0 Å². The molecular formula is C16H34N+. The Kier molecular flexibility index (Phi) is 6.54. The summed E-state index contributed by atoms with van der Waals surface area (Å²) in [4.78, 5) is 0. The molecule has 0 bridgehead atoms. The predicted molar refractivity (Wildman–Crippen MR) is 77.1 cm³/mol. The molecule has 2 unspecified atom stereocenters. The lowest BCUT2D eigenvalue weighted by Crippen LogP contribution is -2.57. The highest BCUT2D eigenvalue weighted by Gasteiger charge is 2.36. The van der Waals surface area contributed by atoms with Gasteiger partial charge < -0.3 is 4.48 Å². The molecule has 1 nitrogen and oxygen atoms in total. The highest BCUT2D eigenvalue weighted by atomic mass is 15.4. The minimum absolute atomic E-state index is 0.947. The van der Waals surface area contributed by atoms with Gasteiger partial charge >= 0.3 is 0 Å². The Morgan fingerprint density at radius 2 is 1.53 bits per heavy atom. The zero-order chi connectivity index (χ0) is 12.7. The molecule has 0 spiro atoms. The Morgan fingerprint density at radius 3 is 2.00 bits per heavy atom. The quantitative estimate of drug-likeness (QED) is 0.576. The van der Waals surface area contributed by atoms with Crippen molar-refractivity contribution in [3.63, 3.8) is 0 Å². The van der Waals surface area contributed by atoms with Crippen molar-refractivity contribution in [3.05, 3.63) is 0 Å². The van der Waals surface area contributed by atoms with Crippen LogP contribution in [0, 0.1) is 11.8 Å². The van der Waals surface area contributed by atoms with E-state index in [0.717, 1.165) is 11.8 Å². The van der Waals surface area contributed by atoms with Crippen LogP contribution < -0.4 is 0 Å². The lowest BCUT2D eigenvalue weighted by molar-refractivity contribution is -0.939. The maximum absolute atomic E-state index is 2.48. The highest BCUT2D eigenvalue weighted by molar-refractivity contribution is 4.69. The molecule has 0 saturated carbocycles. The van der Waals surface area contributed by atoms with Gasteiger partial charge in [-0.1, -0.05) is 40.5 Å². The lowest BCUT2D eigenvalue weighted by atomic mass is 9.86. The molecule has 17 heavy (non-hydrogen) atoms. The summed E-state index contributed by atoms with van der Waals surface area (Å²) in [7, 11) is 0. The first kappa shape index (κ1) is 15.0. The summed E-state index contributed by atoms with van der Waals surface area (Å²) in [6.45, 7) is 15.3. The van der Waals surface area contributed by atoms with E-state index in [9.17, 15) is 0 Å². The molecule has 0 amide bonds. The molecule has 102 valence electrons. The van der Waals surface area contributed by atoms with Gasteiger partial charge in [0.05, 0.1) is 26.2 Å². The molecule has 0 radical (unpaired) electrons. The molecule has 1 fully saturated rings. The molecule has 0 aromatic rings. The summed E-state index contributed by atoms with van der Waals surface area (Å²) in [5, 5.41) is 0. The van der Waals surface area contributed by atoms with E-state index in [-0.39, 0.29) is 0 Å². The molecular weight excluding hydrogens is 206 g/mol. The second-order valence-corrected chi connectivity index (χ2v) is 6.48. The monoisotopic (exact) mass is 240 g/mol. The second-order valence-electron chi connectivity index (χ2n) is 6.48. The van der Waals surface area contributed by atoms with Gasteiger partial charge in [-0.3, -0.25) is 0 Å². The van der Waals surface area contributed by atoms with Gasteiger partial charge in [0.1, 0.15) is 0 Å². The van der Waals surface area contributed by atoms with Gasteiger partial charge in [-0.15, -0.1) is 0 Å². The number of rotatable bonds is 7. The Labute approximate surface area is 109 Å². The number of hydrogen-bond donors (Lipinski definition) is 0. The number of unbranched alkanes of at least 4 members (excludes halogenated alkanes) is 2. The van der Waals surface area contributed by atoms with E-state index in [4.69, 9.17) is 0 Å². The summed E-state index contributed by atoms with van der Waals surface area (Å²) in [6, 6.07) is 0. The number of piperidine rings is 1. The van der Waals surface area contributed by atoms with Crippen LogP contribution in [0.1, 0.15) is 66.2 Å². The molecule has 0 aromatic heterocycles. The van der Waals surface area contributed by atoms with Gasteiger partial charge in [0.15, 0.2) is 0 Å². The number of nitrogens with zero attached hydrogens (tertiary/aromatic N) is 1. The molecule has 0 aliphatic carbocycles. The van der Waals surface area contributed by atoms with E-state index in [1.54, 1.807) is 0 Å². The zero-order valence-electron chi connectivity index (χ0n) is 12.7. The Bertz CT molecular complexity index is 192. The molecule has 0 N–H and O–H groups in total. The van der Waals surface area contributed by atoms with Crippen molar-refractivity contribution in [2.24, 2.45) is 11.8 Å². The smallest absolute Gasteiger partial charge is 0.0815 e. The summed E-state index contributed by atoms with van der Waals surface area (Å²) >= 11 is 0. The molecule has 1 rings (SSSR count). The Balaban J connectivity index is 2.64. The fourth-order valence-electron chi connectivity index (χ4n) is 3.76. The van der Waals surface area contributed by atoms with Crippen molar-refractivity contribution >= 4 is 0 Å². The average molecular weight is 240 g/mol. The topological polar surface area (TPSA) is 0 Å². The first-order valence-corrected chi connectivity index (χ1v) is 8.00. The van der Waals surface area contributed by atoms with Crippen LogP contribution in [0.2, 0.25) is 0 Å². The molecule has 1 aliphatic heterocycles. The van der Waals surface area contributed by atoms with Gasteiger partial charge in [0.2, 0.25) is 0 Å². The standard InChI is InChI=1S/C16H34N/c1-5-8-10-17(11-9-6-2)13-15(4)12-16(7-3)14-17/h15-16H,5-14H2,1-4H3/q+1. The van der Waals surface area contributed by atoms with Crippen molar-refractivity contribution < 1.29 is 4.48 Å². The van der Waals surface area contributed by atoms with Crippen molar-refractivity contribution in [2.75, 3.05) is 26.2 Å². The van der Waals surface area contributed by atoms with Crippen LogP contribution in [0.15, 0.2) is 0 Å². The summed E-state index contributed by atoms with van der Waals surface area (Å²) in [6.07, 6.45) is 8.44. The van der Waals surface area contributed by atoms with Crippen molar-refractivity contribution in [3.8, 4) is 0 Å².